The Labute approximate surface area is 323 Å². The minimum absolute atomic E-state index is 0.164. The molecule has 0 aromatic rings. The highest BCUT2D eigenvalue weighted by Gasteiger charge is 2.21. The third kappa shape index (κ3) is 38.5. The van der Waals surface area contributed by atoms with Crippen LogP contribution in [0.4, 0.5) is 0 Å². The van der Waals surface area contributed by atoms with Crippen LogP contribution in [0.1, 0.15) is 194 Å². The summed E-state index contributed by atoms with van der Waals surface area (Å²) in [6.45, 7) is 2.17. The smallest absolute Gasteiger partial charge is 0.306 e. The normalized spacial score (nSPS) is 14.1. The number of phosphoric ester groups is 1. The molecule has 0 fully saturated rings. The predicted octanol–water partition coefficient (Wildman–Crippen LogP) is 10.4. The molecule has 2 N–H and O–H groups in total. The molecule has 0 heterocycles. The average Bonchev–Trinajstić information content (AvgIpc) is 3.14. The van der Waals surface area contributed by atoms with Crippen LogP contribution in [0.3, 0.4) is 0 Å². The lowest BCUT2D eigenvalue weighted by atomic mass is 10.1. The molecule has 0 saturated carbocycles. The number of hydrogen-bond acceptors (Lipinski definition) is 10. The standard InChI is InChI=1S/C42H79O10P/c1-3-5-7-9-11-13-15-17-19-21-23-25-27-29-31-33-41(45)49-37-40(38-51-53(47,48)50-36-39(44)35-43)52-42(46)34-32-30-28-26-24-22-20-18-16-14-12-10-8-6-4-2/h13-16,39-40,43-44H,3-12,17-38H2,1-2H3,(H,47,48)/p-1/b15-13-,16-14-/t39-,40+/m0/s1. The van der Waals surface area contributed by atoms with Gasteiger partial charge in [0.1, 0.15) is 12.7 Å². The fourth-order valence-corrected chi connectivity index (χ4v) is 6.52. The summed E-state index contributed by atoms with van der Waals surface area (Å²) in [6.07, 6.45) is 36.8. The van der Waals surface area contributed by atoms with Gasteiger partial charge in [-0.25, -0.2) is 0 Å². The first-order valence-electron chi connectivity index (χ1n) is 21.3. The van der Waals surface area contributed by atoms with Gasteiger partial charge in [0, 0.05) is 12.8 Å². The van der Waals surface area contributed by atoms with E-state index in [4.69, 9.17) is 19.1 Å². The van der Waals surface area contributed by atoms with Crippen molar-refractivity contribution in [1.29, 1.82) is 0 Å². The summed E-state index contributed by atoms with van der Waals surface area (Å²) in [5, 5.41) is 18.3. The quantitative estimate of drug-likeness (QED) is 0.0266. The van der Waals surface area contributed by atoms with Gasteiger partial charge in [-0.2, -0.15) is 0 Å². The van der Waals surface area contributed by atoms with Gasteiger partial charge in [0.25, 0.3) is 7.82 Å². The van der Waals surface area contributed by atoms with Crippen LogP contribution in [0.5, 0.6) is 0 Å². The van der Waals surface area contributed by atoms with E-state index in [1.807, 2.05) is 0 Å². The molecular weight excluding hydrogens is 695 g/mol. The lowest BCUT2D eigenvalue weighted by Crippen LogP contribution is -2.30. The van der Waals surface area contributed by atoms with Crippen LogP contribution in [-0.4, -0.2) is 60.8 Å². The Hall–Kier alpha value is -1.55. The Morgan fingerprint density at radius 2 is 0.943 bits per heavy atom. The van der Waals surface area contributed by atoms with Gasteiger partial charge in [-0.3, -0.25) is 14.2 Å². The molecule has 0 aromatic heterocycles. The zero-order valence-corrected chi connectivity index (χ0v) is 34.6. The Morgan fingerprint density at radius 3 is 1.38 bits per heavy atom. The van der Waals surface area contributed by atoms with Gasteiger partial charge in [-0.1, -0.05) is 141 Å². The number of rotatable bonds is 40. The number of hydrogen-bond donors (Lipinski definition) is 2. The lowest BCUT2D eigenvalue weighted by Gasteiger charge is -2.26. The van der Waals surface area contributed by atoms with E-state index in [2.05, 4.69) is 42.7 Å². The SMILES string of the molecule is CCCCCC/C=C\CCCCCCCCCC(=O)OC[C@H](COP(=O)([O-])OC[C@@H](O)CO)OC(=O)CCCCCCCCC/C=C\CCCCCC. The number of ether oxygens (including phenoxy) is 2. The Kier molecular flexibility index (Phi) is 37.6. The molecule has 0 aliphatic carbocycles. The van der Waals surface area contributed by atoms with Crippen LogP contribution < -0.4 is 4.89 Å². The van der Waals surface area contributed by atoms with Gasteiger partial charge in [0.2, 0.25) is 0 Å². The van der Waals surface area contributed by atoms with Crippen molar-refractivity contribution in [2.75, 3.05) is 26.4 Å². The second-order valence-electron chi connectivity index (χ2n) is 14.3. The highest BCUT2D eigenvalue weighted by Crippen LogP contribution is 2.38. The van der Waals surface area contributed by atoms with Gasteiger partial charge in [-0.05, 0) is 64.2 Å². The highest BCUT2D eigenvalue weighted by atomic mass is 31.2. The van der Waals surface area contributed by atoms with Crippen LogP contribution in [0.2, 0.25) is 0 Å². The monoisotopic (exact) mass is 774 g/mol. The van der Waals surface area contributed by atoms with E-state index in [9.17, 15) is 24.2 Å². The van der Waals surface area contributed by atoms with Crippen molar-refractivity contribution in [2.45, 2.75) is 206 Å². The number of unbranched alkanes of at least 4 members (excludes halogenated alkanes) is 22. The summed E-state index contributed by atoms with van der Waals surface area (Å²) in [4.78, 5) is 37.1. The fraction of sp³-hybridized carbons (Fsp3) is 0.857. The summed E-state index contributed by atoms with van der Waals surface area (Å²) in [5.74, 6) is -0.967. The minimum Gasteiger partial charge on any atom is -0.756 e. The first-order chi connectivity index (χ1) is 25.7. The number of phosphoric acid groups is 1. The molecule has 53 heavy (non-hydrogen) atoms. The van der Waals surface area contributed by atoms with Gasteiger partial charge in [-0.15, -0.1) is 0 Å². The van der Waals surface area contributed by atoms with E-state index in [1.54, 1.807) is 0 Å². The van der Waals surface area contributed by atoms with Crippen molar-refractivity contribution in [1.82, 2.24) is 0 Å². The molecule has 0 rings (SSSR count). The van der Waals surface area contributed by atoms with Crippen molar-refractivity contribution < 1.29 is 47.8 Å². The molecule has 0 saturated heterocycles. The first kappa shape index (κ1) is 51.5. The summed E-state index contributed by atoms with van der Waals surface area (Å²) in [6, 6.07) is 0. The van der Waals surface area contributed by atoms with Crippen molar-refractivity contribution in [3.05, 3.63) is 24.3 Å². The van der Waals surface area contributed by atoms with Crippen LogP contribution in [0, 0.1) is 0 Å². The molecule has 0 aliphatic heterocycles. The predicted molar refractivity (Wildman–Crippen MR) is 212 cm³/mol. The second-order valence-corrected chi connectivity index (χ2v) is 15.7. The lowest BCUT2D eigenvalue weighted by molar-refractivity contribution is -0.230. The van der Waals surface area contributed by atoms with Crippen LogP contribution in [0.15, 0.2) is 24.3 Å². The molecule has 1 unspecified atom stereocenters. The zero-order chi connectivity index (χ0) is 39.1. The Morgan fingerprint density at radius 1 is 0.566 bits per heavy atom. The summed E-state index contributed by atoms with van der Waals surface area (Å²) in [7, 11) is -4.86. The average molecular weight is 774 g/mol. The third-order valence-electron chi connectivity index (χ3n) is 9.07. The molecule has 3 atom stereocenters. The van der Waals surface area contributed by atoms with Gasteiger partial charge < -0.3 is 33.6 Å². The molecule has 11 heteroatoms. The topological polar surface area (TPSA) is 152 Å². The van der Waals surface area contributed by atoms with E-state index in [-0.39, 0.29) is 19.4 Å². The van der Waals surface area contributed by atoms with Crippen molar-refractivity contribution in [3.8, 4) is 0 Å². The molecule has 0 spiro atoms. The second kappa shape index (κ2) is 38.7. The number of carbonyl (C=O) groups excluding carboxylic acids is 2. The third-order valence-corrected chi connectivity index (χ3v) is 10.00. The van der Waals surface area contributed by atoms with E-state index in [1.165, 1.54) is 103 Å². The van der Waals surface area contributed by atoms with E-state index >= 15 is 0 Å². The number of aliphatic hydroxyl groups excluding tert-OH is 2. The van der Waals surface area contributed by atoms with Crippen molar-refractivity contribution in [3.63, 3.8) is 0 Å². The number of carbonyl (C=O) groups is 2. The van der Waals surface area contributed by atoms with Gasteiger partial charge in [0.15, 0.2) is 6.10 Å². The molecule has 0 aromatic carbocycles. The molecule has 0 aliphatic rings. The molecule has 0 amide bonds. The molecule has 312 valence electrons. The molecule has 0 radical (unpaired) electrons. The van der Waals surface area contributed by atoms with Gasteiger partial charge >= 0.3 is 11.9 Å². The summed E-state index contributed by atoms with van der Waals surface area (Å²) >= 11 is 0. The number of allylic oxidation sites excluding steroid dienone is 4. The van der Waals surface area contributed by atoms with E-state index < -0.39 is 51.8 Å². The summed E-state index contributed by atoms with van der Waals surface area (Å²) < 4.78 is 32.3. The van der Waals surface area contributed by atoms with E-state index in [0.29, 0.717) is 12.8 Å². The van der Waals surface area contributed by atoms with Crippen LogP contribution in [0.25, 0.3) is 0 Å². The van der Waals surface area contributed by atoms with Crippen molar-refractivity contribution >= 4 is 19.8 Å². The highest BCUT2D eigenvalue weighted by molar-refractivity contribution is 7.45. The van der Waals surface area contributed by atoms with Gasteiger partial charge in [0.05, 0.1) is 19.8 Å². The number of esters is 2. The maximum absolute atomic E-state index is 12.6. The van der Waals surface area contributed by atoms with Crippen LogP contribution in [-0.2, 0) is 32.7 Å². The maximum Gasteiger partial charge on any atom is 0.306 e. The maximum atomic E-state index is 12.6. The Balaban J connectivity index is 4.31. The Bertz CT molecular complexity index is 941. The summed E-state index contributed by atoms with van der Waals surface area (Å²) in [5.41, 5.74) is 0. The zero-order valence-electron chi connectivity index (χ0n) is 33.7. The minimum atomic E-state index is -4.86. The van der Waals surface area contributed by atoms with E-state index in [0.717, 1.165) is 51.4 Å². The first-order valence-corrected chi connectivity index (χ1v) is 22.7. The molecule has 10 nitrogen and oxygen atoms in total. The van der Waals surface area contributed by atoms with Crippen LogP contribution >= 0.6 is 7.82 Å². The fourth-order valence-electron chi connectivity index (χ4n) is 5.74. The largest absolute Gasteiger partial charge is 0.756 e. The van der Waals surface area contributed by atoms with Crippen molar-refractivity contribution in [2.24, 2.45) is 0 Å². The molecular formula is C42H78O10P-. The number of aliphatic hydroxyl groups is 2. The molecule has 0 bridgehead atoms.